The van der Waals surface area contributed by atoms with Crippen molar-refractivity contribution in [2.75, 3.05) is 0 Å². The molecule has 0 unspecified atom stereocenters. The molecule has 2 heteroatoms. The smallest absolute Gasteiger partial charge is 0.147 e. The van der Waals surface area contributed by atoms with Gasteiger partial charge in [0.05, 0.1) is 4.83 Å². The van der Waals surface area contributed by atoms with E-state index in [1.54, 1.807) is 0 Å². The molecule has 0 aromatic carbocycles. The van der Waals surface area contributed by atoms with Crippen molar-refractivity contribution >= 4 is 21.7 Å². The van der Waals surface area contributed by atoms with Crippen molar-refractivity contribution in [3.05, 3.63) is 0 Å². The fourth-order valence-electron chi connectivity index (χ4n) is 7.98. The molecule has 0 N–H and O–H groups in total. The van der Waals surface area contributed by atoms with Crippen LogP contribution in [0.3, 0.4) is 0 Å². The Morgan fingerprint density at radius 2 is 1.70 bits per heavy atom. The van der Waals surface area contributed by atoms with E-state index in [1.165, 1.54) is 44.9 Å². The highest BCUT2D eigenvalue weighted by atomic mass is 79.9. The fourth-order valence-corrected chi connectivity index (χ4v) is 8.46. The van der Waals surface area contributed by atoms with E-state index in [-0.39, 0.29) is 15.7 Å². The first-order chi connectivity index (χ1) is 10.7. The van der Waals surface area contributed by atoms with Gasteiger partial charge >= 0.3 is 0 Å². The Balaban J connectivity index is 1.70. The lowest BCUT2D eigenvalue weighted by atomic mass is 9.41. The van der Waals surface area contributed by atoms with E-state index in [0.29, 0.717) is 17.1 Å². The third-order valence-corrected chi connectivity index (χ3v) is 10.7. The second-order valence-electron chi connectivity index (χ2n) is 10.4. The average molecular weight is 381 g/mol. The first-order valence-corrected chi connectivity index (χ1v) is 10.8. The van der Waals surface area contributed by atoms with Crippen LogP contribution in [-0.2, 0) is 4.79 Å². The van der Waals surface area contributed by atoms with Crippen LogP contribution in [-0.4, -0.2) is 10.6 Å². The molecule has 23 heavy (non-hydrogen) atoms. The Morgan fingerprint density at radius 3 is 2.43 bits per heavy atom. The second-order valence-corrected chi connectivity index (χ2v) is 11.3. The molecule has 4 aliphatic carbocycles. The monoisotopic (exact) mass is 380 g/mol. The van der Waals surface area contributed by atoms with E-state index in [1.807, 2.05) is 0 Å². The summed E-state index contributed by atoms with van der Waals surface area (Å²) in [4.78, 5) is 12.8. The molecule has 1 nitrogen and oxygen atoms in total. The van der Waals surface area contributed by atoms with Gasteiger partial charge in [0.2, 0.25) is 0 Å². The number of alkyl halides is 1. The van der Waals surface area contributed by atoms with Crippen molar-refractivity contribution in [1.29, 1.82) is 0 Å². The zero-order valence-corrected chi connectivity index (χ0v) is 16.9. The largest absolute Gasteiger partial charge is 0.298 e. The van der Waals surface area contributed by atoms with Gasteiger partial charge in [-0.25, -0.2) is 0 Å². The first-order valence-electron chi connectivity index (χ1n) is 9.87. The zero-order valence-electron chi connectivity index (χ0n) is 15.3. The van der Waals surface area contributed by atoms with E-state index < -0.39 is 0 Å². The first kappa shape index (κ1) is 16.6. The number of ketones is 1. The predicted octanol–water partition coefficient (Wildman–Crippen LogP) is 6.00. The maximum Gasteiger partial charge on any atom is 0.147 e. The SMILES string of the molecule is CC1(C)[C@H](Br)C(=O)C[C@]2(C)[C@@H]3CC[C@@]4(C)CCC[C@@H]4[C@@H]3CC[C@@H]12. The van der Waals surface area contributed by atoms with Crippen LogP contribution in [0.5, 0.6) is 0 Å². The summed E-state index contributed by atoms with van der Waals surface area (Å²) < 4.78 is 0. The number of hydrogen-bond donors (Lipinski definition) is 0. The van der Waals surface area contributed by atoms with Crippen LogP contribution in [0, 0.1) is 39.9 Å². The molecule has 4 fully saturated rings. The number of hydrogen-bond acceptors (Lipinski definition) is 1. The molecule has 0 aromatic heterocycles. The topological polar surface area (TPSA) is 17.1 Å². The molecular formula is C21H33BrO. The quantitative estimate of drug-likeness (QED) is 0.471. The van der Waals surface area contributed by atoms with Crippen LogP contribution in [0.1, 0.15) is 79.1 Å². The summed E-state index contributed by atoms with van der Waals surface area (Å²) in [5.74, 6) is 3.80. The van der Waals surface area contributed by atoms with Gasteiger partial charge < -0.3 is 0 Å². The van der Waals surface area contributed by atoms with Gasteiger partial charge in [-0.15, -0.1) is 0 Å². The molecule has 0 saturated heterocycles. The lowest BCUT2D eigenvalue weighted by Gasteiger charge is -2.63. The molecule has 4 aliphatic rings. The van der Waals surface area contributed by atoms with Crippen LogP contribution in [0.25, 0.3) is 0 Å². The van der Waals surface area contributed by atoms with Gasteiger partial charge in [-0.3, -0.25) is 4.79 Å². The van der Waals surface area contributed by atoms with Gasteiger partial charge in [-0.2, -0.15) is 0 Å². The molecule has 0 bridgehead atoms. The number of carbonyl (C=O) groups excluding carboxylic acids is 1. The Bertz CT molecular complexity index is 526. The number of Topliss-reactive ketones (excluding diaryl/α,β-unsaturated/α-hetero) is 1. The third-order valence-electron chi connectivity index (χ3n) is 9.04. The highest BCUT2D eigenvalue weighted by molar-refractivity contribution is 9.10. The molecule has 4 saturated carbocycles. The Hall–Kier alpha value is 0.150. The summed E-state index contributed by atoms with van der Waals surface area (Å²) in [5, 5.41) is 0. The summed E-state index contributed by atoms with van der Waals surface area (Å²) in [6.45, 7) is 9.74. The number of carbonyl (C=O) groups is 1. The van der Waals surface area contributed by atoms with Crippen LogP contribution in [0.2, 0.25) is 0 Å². The third kappa shape index (κ3) is 2.12. The number of fused-ring (bicyclic) bond motifs is 5. The Kier molecular flexibility index (Phi) is 3.67. The molecule has 0 amide bonds. The molecular weight excluding hydrogens is 348 g/mol. The van der Waals surface area contributed by atoms with Crippen LogP contribution in [0.15, 0.2) is 0 Å². The fraction of sp³-hybridized carbons (Fsp3) is 0.952. The van der Waals surface area contributed by atoms with Crippen molar-refractivity contribution in [1.82, 2.24) is 0 Å². The maximum atomic E-state index is 12.8. The average Bonchev–Trinajstić information content (AvgIpc) is 2.86. The van der Waals surface area contributed by atoms with Gasteiger partial charge in [-0.05, 0) is 78.4 Å². The summed E-state index contributed by atoms with van der Waals surface area (Å²) in [6, 6.07) is 0. The standard InChI is InChI=1S/C21H33BrO/c1-19(2)17-8-7-13-14-6-5-10-20(14,3)11-9-15(13)21(17,4)12-16(23)18(19)22/h13-15,17-18H,5-12H2,1-4H3/t13-,14+,15+,17-,18+,20+,21+/m0/s1. The van der Waals surface area contributed by atoms with Crippen molar-refractivity contribution in [2.45, 2.75) is 83.9 Å². The predicted molar refractivity (Wildman–Crippen MR) is 98.6 cm³/mol. The van der Waals surface area contributed by atoms with Gasteiger partial charge in [0, 0.05) is 6.42 Å². The summed E-state index contributed by atoms with van der Waals surface area (Å²) >= 11 is 3.75. The van der Waals surface area contributed by atoms with E-state index >= 15 is 0 Å². The minimum Gasteiger partial charge on any atom is -0.298 e. The molecule has 7 atom stereocenters. The molecule has 0 radical (unpaired) electrons. The van der Waals surface area contributed by atoms with Crippen molar-refractivity contribution in [3.8, 4) is 0 Å². The maximum absolute atomic E-state index is 12.8. The lowest BCUT2D eigenvalue weighted by molar-refractivity contribution is -0.156. The molecule has 4 rings (SSSR count). The Morgan fingerprint density at radius 1 is 0.957 bits per heavy atom. The molecule has 0 spiro atoms. The highest BCUT2D eigenvalue weighted by Gasteiger charge is 2.63. The van der Waals surface area contributed by atoms with E-state index in [2.05, 4.69) is 43.6 Å². The van der Waals surface area contributed by atoms with Gasteiger partial charge in [0.15, 0.2) is 0 Å². The summed E-state index contributed by atoms with van der Waals surface area (Å²) in [5.41, 5.74) is 0.972. The van der Waals surface area contributed by atoms with Gasteiger partial charge in [0.25, 0.3) is 0 Å². The van der Waals surface area contributed by atoms with Crippen LogP contribution >= 0.6 is 15.9 Å². The zero-order chi connectivity index (χ0) is 16.6. The summed E-state index contributed by atoms with van der Waals surface area (Å²) in [7, 11) is 0. The Labute approximate surface area is 150 Å². The van der Waals surface area contributed by atoms with Crippen LogP contribution in [0.4, 0.5) is 0 Å². The number of halogens is 1. The molecule has 0 aliphatic heterocycles. The van der Waals surface area contributed by atoms with Gasteiger partial charge in [0.1, 0.15) is 5.78 Å². The van der Waals surface area contributed by atoms with Crippen molar-refractivity contribution < 1.29 is 4.79 Å². The minimum atomic E-state index is 0.0601. The minimum absolute atomic E-state index is 0.0601. The van der Waals surface area contributed by atoms with E-state index in [0.717, 1.165) is 24.2 Å². The van der Waals surface area contributed by atoms with Crippen LogP contribution < -0.4 is 0 Å². The lowest BCUT2D eigenvalue weighted by Crippen LogP contribution is -2.60. The van der Waals surface area contributed by atoms with Gasteiger partial charge in [-0.1, -0.05) is 50.0 Å². The van der Waals surface area contributed by atoms with E-state index in [4.69, 9.17) is 0 Å². The number of rotatable bonds is 0. The normalized spacial score (nSPS) is 55.0. The van der Waals surface area contributed by atoms with Crippen molar-refractivity contribution in [2.24, 2.45) is 39.9 Å². The van der Waals surface area contributed by atoms with Crippen molar-refractivity contribution in [3.63, 3.8) is 0 Å². The molecule has 130 valence electrons. The molecule has 0 aromatic rings. The highest BCUT2D eigenvalue weighted by Crippen LogP contribution is 2.68. The summed E-state index contributed by atoms with van der Waals surface area (Å²) in [6.07, 6.45) is 10.7. The van der Waals surface area contributed by atoms with E-state index in [9.17, 15) is 4.79 Å². The second kappa shape index (κ2) is 5.08. The molecule has 0 heterocycles.